The van der Waals surface area contributed by atoms with E-state index in [4.69, 9.17) is 5.73 Å². The van der Waals surface area contributed by atoms with Gasteiger partial charge in [0.05, 0.1) is 6.42 Å². The van der Waals surface area contributed by atoms with Crippen LogP contribution in [0.3, 0.4) is 0 Å². The van der Waals surface area contributed by atoms with E-state index in [1.807, 2.05) is 11.9 Å². The minimum atomic E-state index is -0.0901. The third kappa shape index (κ3) is 2.96. The molecule has 1 aliphatic rings. The summed E-state index contributed by atoms with van der Waals surface area (Å²) in [5, 5.41) is 3.24. The molecule has 1 aromatic carbocycles. The highest BCUT2D eigenvalue weighted by Gasteiger charge is 2.31. The molecule has 0 saturated heterocycles. The van der Waals surface area contributed by atoms with Gasteiger partial charge in [0.15, 0.2) is 0 Å². The van der Waals surface area contributed by atoms with Gasteiger partial charge in [0, 0.05) is 17.8 Å². The molecule has 1 amide bonds. The van der Waals surface area contributed by atoms with E-state index >= 15 is 0 Å². The quantitative estimate of drug-likeness (QED) is 0.833. The standard InChI is InChI=1S/C15H23N3O/c1-15(2,17-3)10-18-13-5-4-11(6-7-16)8-12(13)9-14(18)19/h4-5,8,17H,6-7,9-10,16H2,1-3H3. The first-order valence-corrected chi connectivity index (χ1v) is 6.78. The molecule has 0 radical (unpaired) electrons. The van der Waals surface area contributed by atoms with Gasteiger partial charge >= 0.3 is 0 Å². The van der Waals surface area contributed by atoms with Crippen molar-refractivity contribution in [3.8, 4) is 0 Å². The van der Waals surface area contributed by atoms with Gasteiger partial charge < -0.3 is 16.0 Å². The average Bonchev–Trinajstić information content (AvgIpc) is 2.65. The van der Waals surface area contributed by atoms with Crippen molar-refractivity contribution in [3.05, 3.63) is 29.3 Å². The van der Waals surface area contributed by atoms with Gasteiger partial charge in [-0.2, -0.15) is 0 Å². The zero-order valence-corrected chi connectivity index (χ0v) is 12.0. The van der Waals surface area contributed by atoms with E-state index in [1.54, 1.807) is 0 Å². The van der Waals surface area contributed by atoms with Gasteiger partial charge in [-0.25, -0.2) is 0 Å². The molecule has 104 valence electrons. The van der Waals surface area contributed by atoms with Crippen molar-refractivity contribution in [2.75, 3.05) is 25.0 Å². The number of amides is 1. The number of rotatable bonds is 5. The molecule has 1 aromatic rings. The fourth-order valence-corrected chi connectivity index (χ4v) is 2.41. The molecule has 0 saturated carbocycles. The van der Waals surface area contributed by atoms with Gasteiger partial charge in [-0.05, 0) is 51.1 Å². The van der Waals surface area contributed by atoms with Gasteiger partial charge in [-0.15, -0.1) is 0 Å². The van der Waals surface area contributed by atoms with Crippen LogP contribution in [0, 0.1) is 0 Å². The molecule has 0 bridgehead atoms. The van der Waals surface area contributed by atoms with E-state index in [1.165, 1.54) is 5.56 Å². The summed E-state index contributed by atoms with van der Waals surface area (Å²) in [5.74, 6) is 0.184. The highest BCUT2D eigenvalue weighted by atomic mass is 16.2. The topological polar surface area (TPSA) is 58.4 Å². The van der Waals surface area contributed by atoms with Crippen molar-refractivity contribution in [2.45, 2.75) is 32.2 Å². The largest absolute Gasteiger partial charge is 0.330 e. The van der Waals surface area contributed by atoms with Gasteiger partial charge in [0.1, 0.15) is 0 Å². The molecule has 19 heavy (non-hydrogen) atoms. The number of carbonyl (C=O) groups excluding carboxylic acids is 1. The van der Waals surface area contributed by atoms with Crippen LogP contribution >= 0.6 is 0 Å². The third-order valence-electron chi connectivity index (χ3n) is 3.74. The van der Waals surface area contributed by atoms with Gasteiger partial charge in [0.25, 0.3) is 0 Å². The smallest absolute Gasteiger partial charge is 0.231 e. The minimum absolute atomic E-state index is 0.0901. The van der Waals surface area contributed by atoms with E-state index in [0.717, 1.165) is 17.7 Å². The molecule has 0 atom stereocenters. The molecular weight excluding hydrogens is 238 g/mol. The summed E-state index contributed by atoms with van der Waals surface area (Å²) in [5.41, 5.74) is 8.88. The molecule has 3 N–H and O–H groups in total. The predicted octanol–water partition coefficient (Wildman–Crippen LogP) is 1.07. The summed E-state index contributed by atoms with van der Waals surface area (Å²) in [4.78, 5) is 14.1. The maximum absolute atomic E-state index is 12.2. The van der Waals surface area contributed by atoms with Gasteiger partial charge in [0.2, 0.25) is 5.91 Å². The first kappa shape index (κ1) is 14.0. The Hall–Kier alpha value is -1.39. The normalized spacial score (nSPS) is 14.9. The maximum Gasteiger partial charge on any atom is 0.231 e. The molecule has 4 nitrogen and oxygen atoms in total. The molecule has 0 spiro atoms. The number of carbonyl (C=O) groups is 1. The number of hydrogen-bond donors (Lipinski definition) is 2. The monoisotopic (exact) mass is 261 g/mol. The van der Waals surface area contributed by atoms with Crippen LogP contribution in [-0.4, -0.2) is 31.6 Å². The summed E-state index contributed by atoms with van der Waals surface area (Å²) in [6.45, 7) is 5.52. The van der Waals surface area contributed by atoms with Crippen molar-refractivity contribution < 1.29 is 4.79 Å². The van der Waals surface area contributed by atoms with E-state index in [9.17, 15) is 4.79 Å². The molecule has 1 aliphatic heterocycles. The number of nitrogens with one attached hydrogen (secondary N) is 1. The second-order valence-corrected chi connectivity index (χ2v) is 5.79. The molecule has 0 aromatic heterocycles. The fraction of sp³-hybridized carbons (Fsp3) is 0.533. The summed E-state index contributed by atoms with van der Waals surface area (Å²) in [7, 11) is 1.92. The minimum Gasteiger partial charge on any atom is -0.330 e. The SMILES string of the molecule is CNC(C)(C)CN1C(=O)Cc2cc(CCN)ccc21. The Morgan fingerprint density at radius 2 is 2.16 bits per heavy atom. The highest BCUT2D eigenvalue weighted by Crippen LogP contribution is 2.30. The second-order valence-electron chi connectivity index (χ2n) is 5.79. The van der Waals surface area contributed by atoms with Crippen molar-refractivity contribution in [3.63, 3.8) is 0 Å². The molecule has 0 fully saturated rings. The molecule has 0 aliphatic carbocycles. The third-order valence-corrected chi connectivity index (χ3v) is 3.74. The van der Waals surface area contributed by atoms with Crippen LogP contribution in [0.1, 0.15) is 25.0 Å². The second kappa shape index (κ2) is 5.31. The Labute approximate surface area is 115 Å². The number of likely N-dealkylation sites (N-methyl/N-ethyl adjacent to an activating group) is 1. The van der Waals surface area contributed by atoms with E-state index < -0.39 is 0 Å². The number of hydrogen-bond acceptors (Lipinski definition) is 3. The van der Waals surface area contributed by atoms with Crippen LogP contribution < -0.4 is 16.0 Å². The van der Waals surface area contributed by atoms with Crippen LogP contribution in [0.5, 0.6) is 0 Å². The van der Waals surface area contributed by atoms with Crippen LogP contribution in [0.15, 0.2) is 18.2 Å². The summed E-state index contributed by atoms with van der Waals surface area (Å²) >= 11 is 0. The Balaban J connectivity index is 2.24. The molecule has 2 rings (SSSR count). The number of benzene rings is 1. The van der Waals surface area contributed by atoms with Gasteiger partial charge in [-0.1, -0.05) is 12.1 Å². The van der Waals surface area contributed by atoms with Crippen molar-refractivity contribution in [1.82, 2.24) is 5.32 Å². The van der Waals surface area contributed by atoms with Crippen LogP contribution in [0.4, 0.5) is 5.69 Å². The predicted molar refractivity (Wildman–Crippen MR) is 78.4 cm³/mol. The summed E-state index contributed by atoms with van der Waals surface area (Å²) in [6, 6.07) is 6.24. The molecule has 0 unspecified atom stereocenters. The van der Waals surface area contributed by atoms with Crippen LogP contribution in [0.25, 0.3) is 0 Å². The zero-order chi connectivity index (χ0) is 14.0. The fourth-order valence-electron chi connectivity index (χ4n) is 2.41. The molecule has 4 heteroatoms. The van der Waals surface area contributed by atoms with Crippen LogP contribution in [-0.2, 0) is 17.6 Å². The number of fused-ring (bicyclic) bond motifs is 1. The van der Waals surface area contributed by atoms with Crippen molar-refractivity contribution in [2.24, 2.45) is 5.73 Å². The zero-order valence-electron chi connectivity index (χ0n) is 12.0. The van der Waals surface area contributed by atoms with Gasteiger partial charge in [-0.3, -0.25) is 4.79 Å². The molecule has 1 heterocycles. The number of anilines is 1. The first-order valence-electron chi connectivity index (χ1n) is 6.78. The van der Waals surface area contributed by atoms with E-state index in [2.05, 4.69) is 37.4 Å². The van der Waals surface area contributed by atoms with Crippen molar-refractivity contribution in [1.29, 1.82) is 0 Å². The Kier molecular flexibility index (Phi) is 3.92. The molecular formula is C15H23N3O. The lowest BCUT2D eigenvalue weighted by Gasteiger charge is -2.30. The first-order chi connectivity index (χ1) is 8.96. The lowest BCUT2D eigenvalue weighted by atomic mass is 10.0. The van der Waals surface area contributed by atoms with Crippen LogP contribution in [0.2, 0.25) is 0 Å². The van der Waals surface area contributed by atoms with E-state index in [0.29, 0.717) is 19.5 Å². The summed E-state index contributed by atoms with van der Waals surface area (Å²) < 4.78 is 0. The number of nitrogens with two attached hydrogens (primary N) is 1. The maximum atomic E-state index is 12.2. The Bertz CT molecular complexity index is 482. The van der Waals surface area contributed by atoms with E-state index in [-0.39, 0.29) is 11.4 Å². The van der Waals surface area contributed by atoms with Crippen molar-refractivity contribution >= 4 is 11.6 Å². The lowest BCUT2D eigenvalue weighted by molar-refractivity contribution is -0.117. The lowest BCUT2D eigenvalue weighted by Crippen LogP contribution is -2.48. The summed E-state index contributed by atoms with van der Waals surface area (Å²) in [6.07, 6.45) is 1.37. The Morgan fingerprint density at radius 1 is 1.42 bits per heavy atom. The average molecular weight is 261 g/mol. The highest BCUT2D eigenvalue weighted by molar-refractivity contribution is 6.01. The Morgan fingerprint density at radius 3 is 2.79 bits per heavy atom. The number of nitrogens with zero attached hydrogens (tertiary/aromatic N) is 1.